The number of hydrogen-bond donors (Lipinski definition) is 1. The van der Waals surface area contributed by atoms with E-state index in [1.165, 1.54) is 4.52 Å². The van der Waals surface area contributed by atoms with Gasteiger partial charge < -0.3 is 0 Å². The average molecular weight is 285 g/mol. The van der Waals surface area contributed by atoms with Gasteiger partial charge in [0.1, 0.15) is 0 Å². The van der Waals surface area contributed by atoms with Gasteiger partial charge in [-0.1, -0.05) is 0 Å². The van der Waals surface area contributed by atoms with Crippen LogP contribution in [-0.2, 0) is 5.41 Å². The zero-order chi connectivity index (χ0) is 11.9. The molecule has 2 rings (SSSR count). The van der Waals surface area contributed by atoms with Crippen LogP contribution in [0.2, 0.25) is 5.82 Å². The maximum atomic E-state index is 12.1. The Morgan fingerprint density at radius 2 is 2.06 bits per heavy atom. The minimum atomic E-state index is -0.284. The molecule has 0 radical (unpaired) electrons. The quantitative estimate of drug-likeness (QED) is 0.756. The molecule has 1 N–H and O–H groups in total. The van der Waals surface area contributed by atoms with E-state index in [0.29, 0.717) is 26.3 Å². The van der Waals surface area contributed by atoms with Crippen molar-refractivity contribution in [3.05, 3.63) is 22.2 Å². The molecule has 5 nitrogen and oxygen atoms in total. The molecule has 0 aliphatic carbocycles. The number of aromatic nitrogens is 4. The number of aromatic amines is 1. The Balaban J connectivity index is 2.77. The Bertz CT molecular complexity index is 578. The summed E-state index contributed by atoms with van der Waals surface area (Å²) in [6.07, 6.45) is 1.83. The Morgan fingerprint density at radius 3 is 2.62 bits per heavy atom. The van der Waals surface area contributed by atoms with Gasteiger partial charge in [0.15, 0.2) is 0 Å². The molecular formula is C10H14N4OSe. The predicted molar refractivity (Wildman–Crippen MR) is 63.6 cm³/mol. The van der Waals surface area contributed by atoms with Gasteiger partial charge in [0, 0.05) is 0 Å². The van der Waals surface area contributed by atoms with Crippen LogP contribution in [0.1, 0.15) is 26.5 Å². The van der Waals surface area contributed by atoms with E-state index >= 15 is 0 Å². The summed E-state index contributed by atoms with van der Waals surface area (Å²) in [7, 11) is 0. The summed E-state index contributed by atoms with van der Waals surface area (Å²) in [6, 6.07) is 0. The standard InChI is InChI=1S/C10H14N4OSe/c1-10(2,3)7-9(15)14-8(13-12-7)6(16-4)5-11-14/h5,11H,1-4H3. The molecular weight excluding hydrogens is 271 g/mol. The molecule has 0 amide bonds. The van der Waals surface area contributed by atoms with Crippen molar-refractivity contribution in [3.8, 4) is 0 Å². The molecule has 0 aromatic carbocycles. The van der Waals surface area contributed by atoms with Gasteiger partial charge >= 0.3 is 99.1 Å². The minimum absolute atomic E-state index is 0.104. The molecule has 0 aliphatic rings. The summed E-state index contributed by atoms with van der Waals surface area (Å²) >= 11 is 0.301. The normalized spacial score (nSPS) is 12.2. The van der Waals surface area contributed by atoms with Crippen molar-refractivity contribution in [2.24, 2.45) is 0 Å². The predicted octanol–water partition coefficient (Wildman–Crippen LogP) is 0.0927. The molecule has 0 saturated heterocycles. The fraction of sp³-hybridized carbons (Fsp3) is 0.500. The topological polar surface area (TPSA) is 63.0 Å². The molecule has 6 heteroatoms. The second-order valence-electron chi connectivity index (χ2n) is 4.60. The first-order chi connectivity index (χ1) is 7.45. The van der Waals surface area contributed by atoms with E-state index in [1.807, 2.05) is 27.0 Å². The third-order valence-electron chi connectivity index (χ3n) is 2.34. The van der Waals surface area contributed by atoms with Crippen LogP contribution in [0, 0.1) is 0 Å². The zero-order valence-electron chi connectivity index (χ0n) is 9.74. The van der Waals surface area contributed by atoms with Crippen LogP contribution in [0.15, 0.2) is 11.0 Å². The van der Waals surface area contributed by atoms with Gasteiger partial charge in [-0.15, -0.1) is 0 Å². The molecule has 2 aromatic rings. The van der Waals surface area contributed by atoms with Gasteiger partial charge in [-0.05, 0) is 0 Å². The van der Waals surface area contributed by atoms with Crippen molar-refractivity contribution in [1.29, 1.82) is 0 Å². The number of nitrogens with zero attached hydrogens (tertiary/aromatic N) is 3. The Kier molecular flexibility index (Phi) is 2.64. The van der Waals surface area contributed by atoms with E-state index in [1.54, 1.807) is 0 Å². The first-order valence-electron chi connectivity index (χ1n) is 4.96. The van der Waals surface area contributed by atoms with Crippen LogP contribution in [0.3, 0.4) is 0 Å². The van der Waals surface area contributed by atoms with Gasteiger partial charge in [-0.3, -0.25) is 0 Å². The van der Waals surface area contributed by atoms with E-state index in [4.69, 9.17) is 0 Å². The molecule has 0 atom stereocenters. The molecule has 2 aromatic heterocycles. The molecule has 0 fully saturated rings. The van der Waals surface area contributed by atoms with Gasteiger partial charge in [0.25, 0.3) is 0 Å². The Morgan fingerprint density at radius 1 is 1.38 bits per heavy atom. The molecule has 0 unspecified atom stereocenters. The summed E-state index contributed by atoms with van der Waals surface area (Å²) in [5.41, 5.74) is 0.754. The van der Waals surface area contributed by atoms with Crippen molar-refractivity contribution in [2.75, 3.05) is 0 Å². The summed E-state index contributed by atoms with van der Waals surface area (Å²) < 4.78 is 2.55. The van der Waals surface area contributed by atoms with Crippen molar-refractivity contribution in [2.45, 2.75) is 32.0 Å². The molecule has 0 bridgehead atoms. The van der Waals surface area contributed by atoms with Crippen LogP contribution in [0.4, 0.5) is 0 Å². The van der Waals surface area contributed by atoms with Crippen molar-refractivity contribution >= 4 is 25.1 Å². The molecule has 0 spiro atoms. The number of H-pyrrole nitrogens is 1. The molecule has 2 heterocycles. The van der Waals surface area contributed by atoms with Crippen molar-refractivity contribution in [1.82, 2.24) is 19.8 Å². The van der Waals surface area contributed by atoms with Gasteiger partial charge in [0.05, 0.1) is 0 Å². The van der Waals surface area contributed by atoms with E-state index in [-0.39, 0.29) is 11.0 Å². The SMILES string of the molecule is C[Se]c1c[nH]n2c(=O)c(C(C)(C)C)nnc12. The molecule has 0 aliphatic heterocycles. The zero-order valence-corrected chi connectivity index (χ0v) is 11.4. The Hall–Kier alpha value is -1.13. The van der Waals surface area contributed by atoms with Crippen molar-refractivity contribution in [3.63, 3.8) is 0 Å². The Labute approximate surface area is 99.4 Å². The monoisotopic (exact) mass is 286 g/mol. The number of rotatable bonds is 1. The first-order valence-corrected chi connectivity index (χ1v) is 7.53. The molecule has 86 valence electrons. The second-order valence-corrected chi connectivity index (χ2v) is 6.38. The third kappa shape index (κ3) is 1.68. The maximum absolute atomic E-state index is 12.1. The summed E-state index contributed by atoms with van der Waals surface area (Å²) in [5, 5.41) is 11.1. The van der Waals surface area contributed by atoms with Gasteiger partial charge in [0.2, 0.25) is 0 Å². The van der Waals surface area contributed by atoms with Crippen molar-refractivity contribution < 1.29 is 0 Å². The molecule has 16 heavy (non-hydrogen) atoms. The summed E-state index contributed by atoms with van der Waals surface area (Å²) in [5.74, 6) is 2.08. The van der Waals surface area contributed by atoms with Crippen LogP contribution in [0.25, 0.3) is 5.65 Å². The van der Waals surface area contributed by atoms with Crippen LogP contribution >= 0.6 is 0 Å². The number of hydrogen-bond acceptors (Lipinski definition) is 3. The van der Waals surface area contributed by atoms with Crippen LogP contribution in [0.5, 0.6) is 0 Å². The summed E-state index contributed by atoms with van der Waals surface area (Å²) in [4.78, 5) is 12.1. The number of nitrogens with one attached hydrogen (secondary N) is 1. The molecule has 0 saturated carbocycles. The first kappa shape index (κ1) is 11.4. The fourth-order valence-electron chi connectivity index (χ4n) is 1.47. The van der Waals surface area contributed by atoms with E-state index in [0.717, 1.165) is 4.46 Å². The fourth-order valence-corrected chi connectivity index (χ4v) is 2.49. The van der Waals surface area contributed by atoms with E-state index in [2.05, 4.69) is 21.1 Å². The van der Waals surface area contributed by atoms with Gasteiger partial charge in [-0.25, -0.2) is 0 Å². The second kappa shape index (κ2) is 3.71. The van der Waals surface area contributed by atoms with Gasteiger partial charge in [-0.2, -0.15) is 0 Å². The van der Waals surface area contributed by atoms with Crippen LogP contribution < -0.4 is 10.0 Å². The average Bonchev–Trinajstić information content (AvgIpc) is 2.60. The third-order valence-corrected chi connectivity index (χ3v) is 3.89. The number of fused-ring (bicyclic) bond motifs is 1. The summed E-state index contributed by atoms with van der Waals surface area (Å²) in [6.45, 7) is 5.87. The van der Waals surface area contributed by atoms with Crippen LogP contribution in [-0.4, -0.2) is 34.8 Å². The van der Waals surface area contributed by atoms with E-state index < -0.39 is 0 Å². The van der Waals surface area contributed by atoms with E-state index in [9.17, 15) is 4.79 Å².